The number of halogens is 2. The number of ether oxygens (including phenoxy) is 1. The Hall–Kier alpha value is -2.78. The molecule has 10 heteroatoms. The number of hydrogen-bond acceptors (Lipinski definition) is 6. The summed E-state index contributed by atoms with van der Waals surface area (Å²) in [5.41, 5.74) is -0.303. The van der Waals surface area contributed by atoms with Crippen molar-refractivity contribution in [2.45, 2.75) is 33.1 Å². The van der Waals surface area contributed by atoms with Gasteiger partial charge in [0.05, 0.1) is 28.6 Å². The van der Waals surface area contributed by atoms with E-state index in [4.69, 9.17) is 16.3 Å². The second kappa shape index (κ2) is 8.76. The van der Waals surface area contributed by atoms with E-state index in [-0.39, 0.29) is 34.2 Å². The fourth-order valence-corrected chi connectivity index (χ4v) is 3.58. The molecule has 0 spiro atoms. The van der Waals surface area contributed by atoms with Crippen LogP contribution in [0.4, 0.5) is 5.69 Å². The molecule has 0 atom stereocenters. The summed E-state index contributed by atoms with van der Waals surface area (Å²) >= 11 is 9.44. The van der Waals surface area contributed by atoms with Crippen molar-refractivity contribution in [1.29, 1.82) is 0 Å². The lowest BCUT2D eigenvalue weighted by molar-refractivity contribution is -0.385. The van der Waals surface area contributed by atoms with Crippen molar-refractivity contribution < 1.29 is 9.66 Å². The Bertz CT molecular complexity index is 1260. The molecule has 3 rings (SSSR count). The van der Waals surface area contributed by atoms with Gasteiger partial charge in [0.2, 0.25) is 5.75 Å². The molecule has 0 amide bonds. The average molecular weight is 508 g/mol. The summed E-state index contributed by atoms with van der Waals surface area (Å²) in [6.45, 7) is 7.68. The van der Waals surface area contributed by atoms with E-state index in [0.717, 1.165) is 4.47 Å². The van der Waals surface area contributed by atoms with Crippen LogP contribution in [-0.4, -0.2) is 27.4 Å². The van der Waals surface area contributed by atoms with E-state index in [2.05, 4.69) is 26.0 Å². The molecular formula is C21H20BrClN4O4. The highest BCUT2D eigenvalue weighted by Crippen LogP contribution is 2.34. The SMILES string of the molecule is CCOc1c(C=Nn2c(C(C)(C)C)nc3ccc(Br)cc3c2=O)cc(Cl)cc1[N+](=O)[O-]. The Labute approximate surface area is 191 Å². The largest absolute Gasteiger partial charge is 0.487 e. The van der Waals surface area contributed by atoms with Crippen LogP contribution in [0, 0.1) is 10.1 Å². The van der Waals surface area contributed by atoms with E-state index in [9.17, 15) is 14.9 Å². The first-order valence-electron chi connectivity index (χ1n) is 9.40. The maximum atomic E-state index is 13.2. The zero-order valence-electron chi connectivity index (χ0n) is 17.3. The third-order valence-corrected chi connectivity index (χ3v) is 5.05. The highest BCUT2D eigenvalue weighted by atomic mass is 79.9. The van der Waals surface area contributed by atoms with Crippen molar-refractivity contribution in [3.63, 3.8) is 0 Å². The Morgan fingerprint density at radius 1 is 1.32 bits per heavy atom. The molecule has 0 saturated heterocycles. The van der Waals surface area contributed by atoms with Gasteiger partial charge in [-0.3, -0.25) is 14.9 Å². The molecule has 8 nitrogen and oxygen atoms in total. The summed E-state index contributed by atoms with van der Waals surface area (Å²) in [5, 5.41) is 16.3. The van der Waals surface area contributed by atoms with Crippen LogP contribution in [-0.2, 0) is 5.41 Å². The van der Waals surface area contributed by atoms with E-state index in [1.165, 1.54) is 23.0 Å². The summed E-state index contributed by atoms with van der Waals surface area (Å²) in [7, 11) is 0. The van der Waals surface area contributed by atoms with Crippen LogP contribution in [0.2, 0.25) is 5.02 Å². The first-order chi connectivity index (χ1) is 14.5. The van der Waals surface area contributed by atoms with E-state index >= 15 is 0 Å². The minimum Gasteiger partial charge on any atom is -0.487 e. The molecule has 1 heterocycles. The van der Waals surface area contributed by atoms with Crippen molar-refractivity contribution in [1.82, 2.24) is 9.66 Å². The van der Waals surface area contributed by atoms with Gasteiger partial charge in [-0.15, -0.1) is 0 Å². The number of nitrogens with zero attached hydrogens (tertiary/aromatic N) is 4. The molecular weight excluding hydrogens is 488 g/mol. The van der Waals surface area contributed by atoms with Crippen LogP contribution < -0.4 is 10.3 Å². The third kappa shape index (κ3) is 4.77. The van der Waals surface area contributed by atoms with Gasteiger partial charge in [0.15, 0.2) is 0 Å². The highest BCUT2D eigenvalue weighted by molar-refractivity contribution is 9.10. The molecule has 0 bridgehead atoms. The molecule has 0 aliphatic heterocycles. The molecule has 0 fully saturated rings. The smallest absolute Gasteiger partial charge is 0.313 e. The predicted octanol–water partition coefficient (Wildman–Crippen LogP) is 5.30. The third-order valence-electron chi connectivity index (χ3n) is 4.34. The molecule has 0 aliphatic carbocycles. The minimum absolute atomic E-state index is 0.0301. The van der Waals surface area contributed by atoms with Crippen LogP contribution in [0.25, 0.3) is 10.9 Å². The average Bonchev–Trinajstić information content (AvgIpc) is 2.68. The van der Waals surface area contributed by atoms with Crippen LogP contribution in [0.5, 0.6) is 5.75 Å². The van der Waals surface area contributed by atoms with E-state index in [1.54, 1.807) is 19.1 Å². The van der Waals surface area contributed by atoms with E-state index < -0.39 is 10.3 Å². The fourth-order valence-electron chi connectivity index (χ4n) is 2.99. The van der Waals surface area contributed by atoms with Crippen LogP contribution in [0.1, 0.15) is 39.1 Å². The molecule has 0 aliphatic rings. The molecule has 31 heavy (non-hydrogen) atoms. The highest BCUT2D eigenvalue weighted by Gasteiger charge is 2.24. The van der Waals surface area contributed by atoms with Gasteiger partial charge in [0.1, 0.15) is 5.82 Å². The normalized spacial score (nSPS) is 11.9. The van der Waals surface area contributed by atoms with Gasteiger partial charge < -0.3 is 4.74 Å². The molecule has 3 aromatic rings. The standard InChI is InChI=1S/C21H20BrClN4O4/c1-5-31-18-12(8-14(23)10-17(18)27(29)30)11-24-26-19(28)15-9-13(22)6-7-16(15)25-20(26)21(2,3)4/h6-11H,5H2,1-4H3. The van der Waals surface area contributed by atoms with Crippen molar-refractivity contribution in [2.75, 3.05) is 6.61 Å². The Morgan fingerprint density at radius 3 is 2.65 bits per heavy atom. The number of hydrogen-bond donors (Lipinski definition) is 0. The van der Waals surface area contributed by atoms with Gasteiger partial charge in [-0.05, 0) is 31.2 Å². The lowest BCUT2D eigenvalue weighted by Gasteiger charge is -2.21. The van der Waals surface area contributed by atoms with Crippen LogP contribution in [0.15, 0.2) is 44.7 Å². The van der Waals surface area contributed by atoms with Gasteiger partial charge in [0.25, 0.3) is 5.56 Å². The molecule has 0 radical (unpaired) electrons. The lowest BCUT2D eigenvalue weighted by atomic mass is 9.95. The second-order valence-corrected chi connectivity index (χ2v) is 9.09. The molecule has 0 unspecified atom stereocenters. The summed E-state index contributed by atoms with van der Waals surface area (Å²) in [5.74, 6) is 0.473. The zero-order valence-corrected chi connectivity index (χ0v) is 19.7. The number of benzene rings is 2. The maximum Gasteiger partial charge on any atom is 0.313 e. The monoisotopic (exact) mass is 506 g/mol. The Balaban J connectivity index is 2.28. The van der Waals surface area contributed by atoms with Crippen LogP contribution >= 0.6 is 27.5 Å². The van der Waals surface area contributed by atoms with Crippen molar-refractivity contribution >= 4 is 50.3 Å². The molecule has 0 N–H and O–H groups in total. The van der Waals surface area contributed by atoms with Crippen molar-refractivity contribution in [3.05, 3.63) is 71.7 Å². The van der Waals surface area contributed by atoms with E-state index in [1.807, 2.05) is 26.8 Å². The number of nitro groups is 1. The van der Waals surface area contributed by atoms with Gasteiger partial charge in [-0.25, -0.2) is 4.98 Å². The number of rotatable bonds is 5. The quantitative estimate of drug-likeness (QED) is 0.265. The van der Waals surface area contributed by atoms with Gasteiger partial charge in [0, 0.05) is 26.5 Å². The summed E-state index contributed by atoms with van der Waals surface area (Å²) < 4.78 is 7.43. The molecule has 0 saturated carbocycles. The first-order valence-corrected chi connectivity index (χ1v) is 10.6. The summed E-state index contributed by atoms with van der Waals surface area (Å²) in [4.78, 5) is 28.8. The predicted molar refractivity (Wildman–Crippen MR) is 125 cm³/mol. The Kier molecular flexibility index (Phi) is 6.47. The molecule has 162 valence electrons. The van der Waals surface area contributed by atoms with Gasteiger partial charge in [-0.2, -0.15) is 9.78 Å². The summed E-state index contributed by atoms with van der Waals surface area (Å²) in [6, 6.07) is 7.96. The number of fused-ring (bicyclic) bond motifs is 1. The van der Waals surface area contributed by atoms with Crippen molar-refractivity contribution in [3.8, 4) is 5.75 Å². The topological polar surface area (TPSA) is 99.6 Å². The van der Waals surface area contributed by atoms with E-state index in [0.29, 0.717) is 16.7 Å². The second-order valence-electron chi connectivity index (χ2n) is 7.74. The summed E-state index contributed by atoms with van der Waals surface area (Å²) in [6.07, 6.45) is 1.33. The zero-order chi connectivity index (χ0) is 22.9. The van der Waals surface area contributed by atoms with Crippen LogP contribution in [0.3, 0.4) is 0 Å². The van der Waals surface area contributed by atoms with Gasteiger partial charge >= 0.3 is 5.69 Å². The maximum absolute atomic E-state index is 13.2. The molecule has 1 aromatic heterocycles. The molecule has 2 aromatic carbocycles. The number of aromatic nitrogens is 2. The van der Waals surface area contributed by atoms with Crippen molar-refractivity contribution in [2.24, 2.45) is 5.10 Å². The minimum atomic E-state index is -0.573. The van der Waals surface area contributed by atoms with Gasteiger partial charge in [-0.1, -0.05) is 48.3 Å². The lowest BCUT2D eigenvalue weighted by Crippen LogP contribution is -2.29. The Morgan fingerprint density at radius 2 is 2.03 bits per heavy atom. The number of nitro benzene ring substituents is 1. The first kappa shape index (κ1) is 22.9. The fraction of sp³-hybridized carbons (Fsp3) is 0.286.